The maximum Gasteiger partial charge on any atom is 0.333 e. The third kappa shape index (κ3) is 8.19. The zero-order chi connectivity index (χ0) is 39.4. The van der Waals surface area contributed by atoms with Crippen LogP contribution in [0.2, 0.25) is 0 Å². The van der Waals surface area contributed by atoms with E-state index in [1.54, 1.807) is 37.3 Å². The van der Waals surface area contributed by atoms with Crippen molar-refractivity contribution in [2.75, 3.05) is 20.1 Å². The van der Waals surface area contributed by atoms with E-state index >= 15 is 0 Å². The Labute approximate surface area is 311 Å². The van der Waals surface area contributed by atoms with Gasteiger partial charge in [0.2, 0.25) is 29.5 Å². The van der Waals surface area contributed by atoms with Crippen molar-refractivity contribution in [3.05, 3.63) is 59.9 Å². The average Bonchev–Trinajstić information content (AvgIpc) is 3.65. The number of aromatic nitrogens is 1. The van der Waals surface area contributed by atoms with Crippen LogP contribution in [0.15, 0.2) is 48.7 Å². The van der Waals surface area contributed by atoms with Crippen molar-refractivity contribution in [2.24, 2.45) is 5.92 Å². The van der Waals surface area contributed by atoms with Crippen molar-refractivity contribution in [1.82, 2.24) is 35.6 Å². The number of Topliss-reactive ketones (excluding diaryl/α,β-unsaturated/α-hetero) is 1. The molecule has 8 atom stereocenters. The molecule has 17 heteroatoms. The number of pyridine rings is 1. The lowest BCUT2D eigenvalue weighted by Crippen LogP contribution is -2.61. The van der Waals surface area contributed by atoms with Crippen LogP contribution in [-0.2, 0) is 38.3 Å². The van der Waals surface area contributed by atoms with Gasteiger partial charge in [-0.3, -0.25) is 33.6 Å². The summed E-state index contributed by atoms with van der Waals surface area (Å²) < 4.78 is 5.75. The van der Waals surface area contributed by atoms with E-state index in [1.807, 2.05) is 0 Å². The first-order valence-electron chi connectivity index (χ1n) is 17.8. The molecule has 0 saturated carbocycles. The van der Waals surface area contributed by atoms with Gasteiger partial charge in [0.05, 0.1) is 0 Å². The predicted molar refractivity (Wildman–Crippen MR) is 189 cm³/mol. The van der Waals surface area contributed by atoms with Gasteiger partial charge < -0.3 is 40.5 Å². The van der Waals surface area contributed by atoms with Gasteiger partial charge in [0.25, 0.3) is 5.91 Å². The summed E-state index contributed by atoms with van der Waals surface area (Å²) in [7, 11) is 1.42. The number of benzene rings is 1. The van der Waals surface area contributed by atoms with E-state index in [0.717, 1.165) is 0 Å². The Morgan fingerprint density at radius 1 is 0.870 bits per heavy atom. The van der Waals surface area contributed by atoms with Crippen LogP contribution in [0, 0.1) is 5.92 Å². The van der Waals surface area contributed by atoms with Crippen LogP contribution in [0.25, 0.3) is 0 Å². The van der Waals surface area contributed by atoms with Crippen LogP contribution in [0.1, 0.15) is 69.1 Å². The third-order valence-electron chi connectivity index (χ3n) is 10.2. The van der Waals surface area contributed by atoms with E-state index in [4.69, 9.17) is 4.74 Å². The summed E-state index contributed by atoms with van der Waals surface area (Å²) in [6.45, 7) is 5.91. The second-order valence-corrected chi connectivity index (χ2v) is 13.9. The van der Waals surface area contributed by atoms with Crippen LogP contribution in [0.4, 0.5) is 0 Å². The Hall–Kier alpha value is -5.87. The lowest BCUT2D eigenvalue weighted by atomic mass is 9.91. The largest absolute Gasteiger partial charge is 0.505 e. The summed E-state index contributed by atoms with van der Waals surface area (Å²) in [5.41, 5.74) is -0.158. The fourth-order valence-corrected chi connectivity index (χ4v) is 6.90. The monoisotopic (exact) mass is 747 g/mol. The zero-order valence-corrected chi connectivity index (χ0v) is 30.7. The SMILES string of the molecule is CC1CN2C(=O)[C@H](C)N(C)C(=O)[C@@H]3CCCN3C(=O)[C@@H](C)NC(=O)[C@@H](NC(=O)c3ncccc3O)[C@@H](C)OC(=O)[C@H](c3ccccc3)NC(=O)[C@@H]2CC1=O. The molecule has 3 fully saturated rings. The summed E-state index contributed by atoms with van der Waals surface area (Å²) >= 11 is 0. The quantitative estimate of drug-likeness (QED) is 0.302. The molecular formula is C37H45N7O10. The Morgan fingerprint density at radius 2 is 1.57 bits per heavy atom. The number of piperidine rings is 1. The van der Waals surface area contributed by atoms with Crippen LogP contribution in [0.5, 0.6) is 5.75 Å². The summed E-state index contributed by atoms with van der Waals surface area (Å²) in [6.07, 6.45) is 0.198. The number of carbonyl (C=O) groups excluding carboxylic acids is 8. The highest BCUT2D eigenvalue weighted by atomic mass is 16.5. The van der Waals surface area contributed by atoms with Crippen molar-refractivity contribution in [2.45, 2.75) is 89.3 Å². The molecule has 1 aromatic heterocycles. The summed E-state index contributed by atoms with van der Waals surface area (Å²) in [5, 5.41) is 17.9. The Balaban J connectivity index is 1.56. The number of ether oxygens (including phenoxy) is 1. The van der Waals surface area contributed by atoms with Crippen LogP contribution in [0.3, 0.4) is 0 Å². The topological polar surface area (TPSA) is 225 Å². The van der Waals surface area contributed by atoms with E-state index in [-0.39, 0.29) is 37.3 Å². The third-order valence-corrected chi connectivity index (χ3v) is 10.2. The first-order chi connectivity index (χ1) is 25.6. The number of cyclic esters (lactones) is 1. The molecule has 0 aliphatic carbocycles. The van der Waals surface area contributed by atoms with Crippen LogP contribution in [-0.4, -0.2) is 128 Å². The summed E-state index contributed by atoms with van der Waals surface area (Å²) in [4.78, 5) is 118. The Bertz CT molecular complexity index is 1820. The van der Waals surface area contributed by atoms with Crippen LogP contribution >= 0.6 is 0 Å². The molecule has 17 nitrogen and oxygen atoms in total. The van der Waals surface area contributed by atoms with Crippen molar-refractivity contribution in [1.29, 1.82) is 0 Å². The van der Waals surface area contributed by atoms with Crippen molar-refractivity contribution in [3.63, 3.8) is 0 Å². The van der Waals surface area contributed by atoms with Crippen molar-refractivity contribution < 1.29 is 48.2 Å². The molecule has 6 amide bonds. The maximum atomic E-state index is 14.1. The van der Waals surface area contributed by atoms with Gasteiger partial charge in [-0.2, -0.15) is 0 Å². The number of hydrogen-bond acceptors (Lipinski definition) is 11. The number of ketones is 1. The molecule has 0 bridgehead atoms. The number of rotatable bonds is 3. The van der Waals surface area contributed by atoms with Gasteiger partial charge >= 0.3 is 5.97 Å². The van der Waals surface area contributed by atoms with Crippen molar-refractivity contribution in [3.8, 4) is 5.75 Å². The number of nitrogens with zero attached hydrogens (tertiary/aromatic N) is 4. The minimum Gasteiger partial charge on any atom is -0.505 e. The minimum atomic E-state index is -1.67. The fraction of sp³-hybridized carbons (Fsp3) is 0.486. The number of nitrogens with one attached hydrogen (secondary N) is 3. The highest BCUT2D eigenvalue weighted by molar-refractivity contribution is 6.01. The number of fused-ring (bicyclic) bond motifs is 2. The molecular weight excluding hydrogens is 702 g/mol. The molecule has 3 saturated heterocycles. The standard InChI is InChI=1S/C37H45N7O10/c1-19-18-44-25(17-27(19)46)31(47)41-29(23-11-7-6-8-12-23)37(53)54-22(4)28(40-33(49)30-26(45)14-9-15-38-30)32(48)39-20(2)34(50)43-16-10-13-24(43)36(52)42(5)21(3)35(44)51/h6-9,11-12,14-15,19-22,24-25,28-29,45H,10,13,16-18H2,1-5H3,(H,39,48)(H,40,49)(H,41,47)/t19?,20-,21+,22-,24+,25+,28+,29+/m1/s1. The van der Waals surface area contributed by atoms with Crippen molar-refractivity contribution >= 4 is 47.2 Å². The second-order valence-electron chi connectivity index (χ2n) is 13.9. The van der Waals surface area contributed by atoms with Gasteiger partial charge in [0.15, 0.2) is 11.7 Å². The van der Waals surface area contributed by atoms with Gasteiger partial charge in [-0.25, -0.2) is 9.78 Å². The first-order valence-corrected chi connectivity index (χ1v) is 17.8. The van der Waals surface area contributed by atoms with Crippen LogP contribution < -0.4 is 16.0 Å². The number of likely N-dealkylation sites (N-methyl/N-ethyl adjacent to an activating group) is 1. The molecule has 1 aromatic carbocycles. The van der Waals surface area contributed by atoms with E-state index < -0.39 is 101 Å². The molecule has 0 spiro atoms. The van der Waals surface area contributed by atoms with Gasteiger partial charge in [-0.15, -0.1) is 0 Å². The molecule has 288 valence electrons. The van der Waals surface area contributed by atoms with Gasteiger partial charge in [0.1, 0.15) is 47.8 Å². The normalized spacial score (nSPS) is 29.2. The number of aromatic hydroxyl groups is 1. The lowest BCUT2D eigenvalue weighted by molar-refractivity contribution is -0.157. The molecule has 0 radical (unpaired) electrons. The molecule has 1 unspecified atom stereocenters. The minimum absolute atomic E-state index is 0.119. The van der Waals surface area contributed by atoms with E-state index in [1.165, 1.54) is 60.8 Å². The number of esters is 1. The highest BCUT2D eigenvalue weighted by Gasteiger charge is 2.45. The number of hydrogen-bond donors (Lipinski definition) is 4. The molecule has 3 aliphatic rings. The summed E-state index contributed by atoms with van der Waals surface area (Å²) in [5.74, 6) is -6.95. The van der Waals surface area contributed by atoms with E-state index in [0.29, 0.717) is 6.42 Å². The highest BCUT2D eigenvalue weighted by Crippen LogP contribution is 2.26. The summed E-state index contributed by atoms with van der Waals surface area (Å²) in [6, 6.07) is 2.77. The Kier molecular flexibility index (Phi) is 12.0. The van der Waals surface area contributed by atoms with E-state index in [2.05, 4.69) is 20.9 Å². The second kappa shape index (κ2) is 16.4. The number of amides is 6. The first kappa shape index (κ1) is 39.3. The molecule has 5 rings (SSSR count). The fourth-order valence-electron chi connectivity index (χ4n) is 6.90. The average molecular weight is 748 g/mol. The molecule has 2 aromatic rings. The molecule has 4 N–H and O–H groups in total. The Morgan fingerprint density at radius 3 is 2.26 bits per heavy atom. The van der Waals surface area contributed by atoms with Gasteiger partial charge in [0, 0.05) is 38.7 Å². The van der Waals surface area contributed by atoms with E-state index in [9.17, 15) is 43.5 Å². The molecule has 3 aliphatic heterocycles. The van der Waals surface area contributed by atoms with Gasteiger partial charge in [-0.05, 0) is 51.3 Å². The maximum absolute atomic E-state index is 14.1. The lowest BCUT2D eigenvalue weighted by Gasteiger charge is -2.40. The number of carbonyl (C=O) groups is 8. The van der Waals surface area contributed by atoms with Gasteiger partial charge in [-0.1, -0.05) is 37.3 Å². The molecule has 4 heterocycles. The molecule has 54 heavy (non-hydrogen) atoms. The predicted octanol–water partition coefficient (Wildman–Crippen LogP) is -0.163. The smallest absolute Gasteiger partial charge is 0.333 e. The zero-order valence-electron chi connectivity index (χ0n) is 30.7.